The van der Waals surface area contributed by atoms with Gasteiger partial charge in [-0.15, -0.1) is 0 Å². The van der Waals surface area contributed by atoms with E-state index >= 15 is 0 Å². The number of carbonyl (C=O) groups is 1. The van der Waals surface area contributed by atoms with Crippen LogP contribution in [-0.4, -0.2) is 22.5 Å². The fraction of sp³-hybridized carbons (Fsp3) is 0.583. The van der Waals surface area contributed by atoms with Gasteiger partial charge in [0, 0.05) is 19.4 Å². The van der Waals surface area contributed by atoms with Gasteiger partial charge in [0.1, 0.15) is 0 Å². The zero-order chi connectivity index (χ0) is 13.0. The predicted molar refractivity (Wildman–Crippen MR) is 61.9 cm³/mol. The fourth-order valence-corrected chi connectivity index (χ4v) is 1.47. The molecule has 16 heavy (non-hydrogen) atoms. The highest BCUT2D eigenvalue weighted by molar-refractivity contribution is 5.85. The average Bonchev–Trinajstić information content (AvgIpc) is 1.99. The van der Waals surface area contributed by atoms with Crippen LogP contribution in [0.4, 0.5) is 0 Å². The standard InChI is InChI=1S/C12H20O4/c1-7-15-12(5,6)16-11(3,4)8-9(2)10(13)14/h7-8H,1H2,2-6H3,(H,13,14). The van der Waals surface area contributed by atoms with Crippen molar-refractivity contribution in [3.63, 3.8) is 0 Å². The number of rotatable bonds is 6. The molecule has 0 bridgehead atoms. The molecule has 0 radical (unpaired) electrons. The minimum absolute atomic E-state index is 0.236. The van der Waals surface area contributed by atoms with Gasteiger partial charge >= 0.3 is 5.97 Å². The van der Waals surface area contributed by atoms with Crippen molar-refractivity contribution in [2.75, 3.05) is 0 Å². The summed E-state index contributed by atoms with van der Waals surface area (Å²) in [4.78, 5) is 10.7. The molecule has 0 aromatic rings. The van der Waals surface area contributed by atoms with E-state index in [0.29, 0.717) is 0 Å². The van der Waals surface area contributed by atoms with E-state index in [1.165, 1.54) is 13.2 Å². The van der Waals surface area contributed by atoms with Gasteiger partial charge in [0.25, 0.3) is 0 Å². The van der Waals surface area contributed by atoms with Gasteiger partial charge in [-0.3, -0.25) is 0 Å². The van der Waals surface area contributed by atoms with Crippen molar-refractivity contribution in [1.29, 1.82) is 0 Å². The number of ether oxygens (including phenoxy) is 2. The maximum atomic E-state index is 10.7. The summed E-state index contributed by atoms with van der Waals surface area (Å²) in [5, 5.41) is 8.78. The van der Waals surface area contributed by atoms with Crippen molar-refractivity contribution < 1.29 is 19.4 Å². The Morgan fingerprint density at radius 1 is 1.31 bits per heavy atom. The van der Waals surface area contributed by atoms with E-state index in [1.54, 1.807) is 33.8 Å². The predicted octanol–water partition coefficient (Wildman–Crippen LogP) is 2.71. The molecule has 0 heterocycles. The Kier molecular flexibility index (Phi) is 4.75. The lowest BCUT2D eigenvalue weighted by Crippen LogP contribution is -2.37. The normalized spacial score (nSPS) is 13.4. The third-order valence-corrected chi connectivity index (χ3v) is 1.78. The Labute approximate surface area is 96.6 Å². The number of hydrogen-bond acceptors (Lipinski definition) is 3. The second kappa shape index (κ2) is 5.16. The molecule has 0 spiro atoms. The quantitative estimate of drug-likeness (QED) is 0.431. The van der Waals surface area contributed by atoms with Crippen LogP contribution in [0.5, 0.6) is 0 Å². The molecule has 92 valence electrons. The first-order valence-corrected chi connectivity index (χ1v) is 5.01. The van der Waals surface area contributed by atoms with E-state index in [9.17, 15) is 4.79 Å². The smallest absolute Gasteiger partial charge is 0.331 e. The van der Waals surface area contributed by atoms with E-state index in [-0.39, 0.29) is 5.57 Å². The molecule has 0 aliphatic rings. The first kappa shape index (κ1) is 14.7. The highest BCUT2D eigenvalue weighted by Crippen LogP contribution is 2.23. The monoisotopic (exact) mass is 228 g/mol. The van der Waals surface area contributed by atoms with Crippen LogP contribution in [0.3, 0.4) is 0 Å². The van der Waals surface area contributed by atoms with Crippen LogP contribution >= 0.6 is 0 Å². The summed E-state index contributed by atoms with van der Waals surface area (Å²) in [5.41, 5.74) is -0.492. The average molecular weight is 228 g/mol. The summed E-state index contributed by atoms with van der Waals surface area (Å²) < 4.78 is 10.8. The fourth-order valence-electron chi connectivity index (χ4n) is 1.47. The van der Waals surface area contributed by atoms with Gasteiger partial charge in [-0.25, -0.2) is 4.79 Å². The molecule has 1 N–H and O–H groups in total. The molecular formula is C12H20O4. The van der Waals surface area contributed by atoms with Gasteiger partial charge in [-0.05, 0) is 26.8 Å². The van der Waals surface area contributed by atoms with Crippen molar-refractivity contribution in [2.45, 2.75) is 46.0 Å². The summed E-state index contributed by atoms with van der Waals surface area (Å²) >= 11 is 0. The van der Waals surface area contributed by atoms with Gasteiger partial charge in [-0.2, -0.15) is 0 Å². The lowest BCUT2D eigenvalue weighted by Gasteiger charge is -2.33. The topological polar surface area (TPSA) is 55.8 Å². The Balaban J connectivity index is 4.75. The van der Waals surface area contributed by atoms with Gasteiger partial charge in [0.15, 0.2) is 0 Å². The molecule has 4 heteroatoms. The third kappa shape index (κ3) is 5.56. The SMILES string of the molecule is C=COC(C)(C)OC(C)(C)C=C(C)C(=O)O. The van der Waals surface area contributed by atoms with E-state index in [0.717, 1.165) is 0 Å². The minimum atomic E-state index is -0.959. The largest absolute Gasteiger partial charge is 0.478 e. The maximum absolute atomic E-state index is 10.7. The van der Waals surface area contributed by atoms with E-state index in [1.807, 2.05) is 0 Å². The number of carboxylic acids is 1. The van der Waals surface area contributed by atoms with Crippen LogP contribution < -0.4 is 0 Å². The van der Waals surface area contributed by atoms with Crippen LogP contribution in [0.2, 0.25) is 0 Å². The summed E-state index contributed by atoms with van der Waals surface area (Å²) in [6, 6.07) is 0. The van der Waals surface area contributed by atoms with Crippen molar-refractivity contribution in [2.24, 2.45) is 0 Å². The van der Waals surface area contributed by atoms with Gasteiger partial charge in [0.2, 0.25) is 5.79 Å². The molecule has 0 aliphatic carbocycles. The maximum Gasteiger partial charge on any atom is 0.331 e. The van der Waals surface area contributed by atoms with Crippen LogP contribution in [0.1, 0.15) is 34.6 Å². The second-order valence-electron chi connectivity index (χ2n) is 4.52. The van der Waals surface area contributed by atoms with Crippen LogP contribution in [0, 0.1) is 0 Å². The molecule has 0 aliphatic heterocycles. The Hall–Kier alpha value is -1.29. The van der Waals surface area contributed by atoms with Gasteiger partial charge in [-0.1, -0.05) is 6.58 Å². The lowest BCUT2D eigenvalue weighted by atomic mass is 10.1. The minimum Gasteiger partial charge on any atom is -0.478 e. The van der Waals surface area contributed by atoms with Crippen LogP contribution in [0.15, 0.2) is 24.5 Å². The summed E-state index contributed by atoms with van der Waals surface area (Å²) in [6.45, 7) is 12.0. The molecule has 0 fully saturated rings. The van der Waals surface area contributed by atoms with Gasteiger partial charge in [0.05, 0.1) is 11.9 Å². The molecule has 0 unspecified atom stereocenters. The number of aliphatic carboxylic acids is 1. The molecule has 0 saturated carbocycles. The Morgan fingerprint density at radius 3 is 2.19 bits per heavy atom. The van der Waals surface area contributed by atoms with Crippen molar-refractivity contribution >= 4 is 5.97 Å². The zero-order valence-electron chi connectivity index (χ0n) is 10.5. The number of carboxylic acid groups (broad SMARTS) is 1. The molecule has 0 aromatic carbocycles. The summed E-state index contributed by atoms with van der Waals surface area (Å²) in [5.74, 6) is -1.81. The highest BCUT2D eigenvalue weighted by atomic mass is 16.7. The first-order chi connectivity index (χ1) is 7.09. The summed E-state index contributed by atoms with van der Waals surface area (Å²) in [7, 11) is 0. The van der Waals surface area contributed by atoms with Crippen molar-refractivity contribution in [1.82, 2.24) is 0 Å². The van der Waals surface area contributed by atoms with E-state index in [4.69, 9.17) is 14.6 Å². The van der Waals surface area contributed by atoms with Crippen LogP contribution in [0.25, 0.3) is 0 Å². The molecule has 0 saturated heterocycles. The van der Waals surface area contributed by atoms with Crippen molar-refractivity contribution in [3.05, 3.63) is 24.5 Å². The van der Waals surface area contributed by atoms with Crippen molar-refractivity contribution in [3.8, 4) is 0 Å². The molecular weight excluding hydrogens is 208 g/mol. The molecule has 0 amide bonds. The Bertz CT molecular complexity index is 300. The molecule has 4 nitrogen and oxygen atoms in total. The first-order valence-electron chi connectivity index (χ1n) is 5.01. The molecule has 0 rings (SSSR count). The Morgan fingerprint density at radius 2 is 1.81 bits per heavy atom. The number of hydrogen-bond donors (Lipinski definition) is 1. The molecule has 0 aromatic heterocycles. The molecule has 0 atom stereocenters. The highest BCUT2D eigenvalue weighted by Gasteiger charge is 2.28. The second-order valence-corrected chi connectivity index (χ2v) is 4.52. The van der Waals surface area contributed by atoms with Gasteiger partial charge < -0.3 is 14.6 Å². The summed E-state index contributed by atoms with van der Waals surface area (Å²) in [6.07, 6.45) is 2.84. The van der Waals surface area contributed by atoms with E-state index in [2.05, 4.69) is 6.58 Å². The van der Waals surface area contributed by atoms with Crippen LogP contribution in [-0.2, 0) is 14.3 Å². The zero-order valence-corrected chi connectivity index (χ0v) is 10.5. The third-order valence-electron chi connectivity index (χ3n) is 1.78. The lowest BCUT2D eigenvalue weighted by molar-refractivity contribution is -0.224. The van der Waals surface area contributed by atoms with E-state index < -0.39 is 17.4 Å².